The number of hydrogen-bond acceptors (Lipinski definition) is 6. The molecule has 0 fully saturated rings. The fourth-order valence-corrected chi connectivity index (χ4v) is 2.82. The van der Waals surface area contributed by atoms with E-state index in [0.29, 0.717) is 6.54 Å². The van der Waals surface area contributed by atoms with Crippen molar-refractivity contribution in [1.29, 1.82) is 0 Å². The van der Waals surface area contributed by atoms with Crippen LogP contribution in [0.4, 0.5) is 11.6 Å². The molecule has 1 amide bonds. The van der Waals surface area contributed by atoms with Crippen LogP contribution in [0.15, 0.2) is 18.2 Å². The number of aromatic amines is 1. The molecule has 0 spiro atoms. The molecule has 2 heterocycles. The second kappa shape index (κ2) is 7.04. The predicted octanol–water partition coefficient (Wildman–Crippen LogP) is 1.02. The summed E-state index contributed by atoms with van der Waals surface area (Å²) in [5.74, 6) is 0.991. The smallest absolute Gasteiger partial charge is 0.274 e. The van der Waals surface area contributed by atoms with Gasteiger partial charge in [-0.3, -0.25) is 4.79 Å². The Kier molecular flexibility index (Phi) is 4.81. The van der Waals surface area contributed by atoms with Crippen molar-refractivity contribution >= 4 is 40.2 Å². The van der Waals surface area contributed by atoms with Crippen LogP contribution in [-0.4, -0.2) is 28.0 Å². The summed E-state index contributed by atoms with van der Waals surface area (Å²) in [6.45, 7) is 2.97. The summed E-state index contributed by atoms with van der Waals surface area (Å²) in [7, 11) is 1.62. The third-order valence-electron chi connectivity index (χ3n) is 3.95. The van der Waals surface area contributed by atoms with Crippen molar-refractivity contribution in [3.05, 3.63) is 34.9 Å². The first-order valence-corrected chi connectivity index (χ1v) is 8.27. The first-order valence-electron chi connectivity index (χ1n) is 7.89. The fraction of sp³-hybridized carbons (Fsp3) is 0.250. The SMILES string of the molecule is CC[n+]1c(CNC(=O)c2nc(Cl)c(N)nc2N)[nH]c2ccc(OC)cc21. The van der Waals surface area contributed by atoms with Crippen LogP contribution in [0, 0.1) is 0 Å². The number of halogens is 1. The molecule has 0 radical (unpaired) electrons. The third kappa shape index (κ3) is 3.21. The minimum Gasteiger partial charge on any atom is -0.497 e. The van der Waals surface area contributed by atoms with Crippen molar-refractivity contribution < 1.29 is 14.1 Å². The number of ether oxygens (including phenoxy) is 1. The van der Waals surface area contributed by atoms with Gasteiger partial charge in [-0.05, 0) is 19.1 Å². The van der Waals surface area contributed by atoms with Gasteiger partial charge in [-0.1, -0.05) is 11.6 Å². The van der Waals surface area contributed by atoms with E-state index < -0.39 is 5.91 Å². The van der Waals surface area contributed by atoms with E-state index in [1.165, 1.54) is 0 Å². The van der Waals surface area contributed by atoms with Gasteiger partial charge in [0.2, 0.25) is 0 Å². The number of nitrogens with zero attached hydrogens (tertiary/aromatic N) is 3. The molecule has 136 valence electrons. The van der Waals surface area contributed by atoms with Crippen LogP contribution < -0.4 is 26.1 Å². The molecule has 10 heteroatoms. The number of benzene rings is 1. The zero-order valence-corrected chi connectivity index (χ0v) is 15.1. The molecule has 26 heavy (non-hydrogen) atoms. The number of fused-ring (bicyclic) bond motifs is 1. The lowest BCUT2D eigenvalue weighted by molar-refractivity contribution is -0.675. The Morgan fingerprint density at radius 3 is 2.81 bits per heavy atom. The fourth-order valence-electron chi connectivity index (χ4n) is 2.69. The number of carbonyl (C=O) groups is 1. The van der Waals surface area contributed by atoms with Crippen LogP contribution in [-0.2, 0) is 13.1 Å². The molecular weight excluding hydrogens is 358 g/mol. The molecule has 3 aromatic rings. The van der Waals surface area contributed by atoms with E-state index in [1.807, 2.05) is 29.7 Å². The summed E-state index contributed by atoms with van der Waals surface area (Å²) < 4.78 is 7.32. The summed E-state index contributed by atoms with van der Waals surface area (Å²) in [5, 5.41) is 2.70. The molecule has 2 aromatic heterocycles. The van der Waals surface area contributed by atoms with Crippen LogP contribution in [0.2, 0.25) is 5.15 Å². The second-order valence-electron chi connectivity index (χ2n) is 5.52. The summed E-state index contributed by atoms with van der Waals surface area (Å²) in [4.78, 5) is 23.4. The number of anilines is 2. The Morgan fingerprint density at radius 1 is 1.35 bits per heavy atom. The maximum Gasteiger partial charge on any atom is 0.274 e. The van der Waals surface area contributed by atoms with Crippen LogP contribution in [0.25, 0.3) is 11.0 Å². The van der Waals surface area contributed by atoms with E-state index in [-0.39, 0.29) is 29.0 Å². The maximum absolute atomic E-state index is 12.4. The van der Waals surface area contributed by atoms with E-state index in [2.05, 4.69) is 20.3 Å². The number of nitrogens with one attached hydrogen (secondary N) is 2. The Hall–Kier alpha value is -3.07. The summed E-state index contributed by atoms with van der Waals surface area (Å²) in [6.07, 6.45) is 0. The van der Waals surface area contributed by atoms with Gasteiger partial charge in [-0.15, -0.1) is 0 Å². The van der Waals surface area contributed by atoms with E-state index in [0.717, 1.165) is 22.6 Å². The molecule has 0 atom stereocenters. The van der Waals surface area contributed by atoms with Crippen molar-refractivity contribution in [3.63, 3.8) is 0 Å². The molecule has 9 nitrogen and oxygen atoms in total. The number of imidazole rings is 1. The molecule has 0 aliphatic heterocycles. The highest BCUT2D eigenvalue weighted by atomic mass is 35.5. The highest BCUT2D eigenvalue weighted by molar-refractivity contribution is 6.31. The van der Waals surface area contributed by atoms with Crippen molar-refractivity contribution in [1.82, 2.24) is 20.3 Å². The van der Waals surface area contributed by atoms with Gasteiger partial charge in [0.15, 0.2) is 33.5 Å². The number of carbonyl (C=O) groups excluding carboxylic acids is 1. The van der Waals surface area contributed by atoms with Crippen LogP contribution in [0.1, 0.15) is 23.2 Å². The number of aryl methyl sites for hydroxylation is 1. The minimum absolute atomic E-state index is 0.0193. The first kappa shape index (κ1) is 17.7. The minimum atomic E-state index is -0.490. The molecule has 0 saturated carbocycles. The predicted molar refractivity (Wildman–Crippen MR) is 97.8 cm³/mol. The first-order chi connectivity index (χ1) is 12.4. The van der Waals surface area contributed by atoms with Gasteiger partial charge in [0, 0.05) is 6.07 Å². The van der Waals surface area contributed by atoms with E-state index in [4.69, 9.17) is 27.8 Å². The quantitative estimate of drug-likeness (QED) is 0.491. The zero-order valence-electron chi connectivity index (χ0n) is 14.3. The van der Waals surface area contributed by atoms with Gasteiger partial charge in [-0.2, -0.15) is 0 Å². The standard InChI is InChI=1S/C16H18ClN7O2/c1-3-24-10-6-8(26-2)4-5-9(10)21-11(24)7-20-16(25)12-14(18)23-15(19)13(17)22-12/h4-6H,3,7H2,1-2H3,(H5,18,19,20,23,25)/p+1. The molecule has 1 aromatic carbocycles. The van der Waals surface area contributed by atoms with Crippen LogP contribution in [0.5, 0.6) is 5.75 Å². The topological polar surface area (TPSA) is 136 Å². The molecule has 3 rings (SSSR count). The largest absolute Gasteiger partial charge is 0.497 e. The Labute approximate surface area is 154 Å². The number of methoxy groups -OCH3 is 1. The normalized spacial score (nSPS) is 10.9. The van der Waals surface area contributed by atoms with Gasteiger partial charge in [0.25, 0.3) is 11.7 Å². The van der Waals surface area contributed by atoms with Crippen LogP contribution in [0.3, 0.4) is 0 Å². The van der Waals surface area contributed by atoms with E-state index in [1.54, 1.807) is 7.11 Å². The molecule has 0 bridgehead atoms. The molecule has 0 unspecified atom stereocenters. The summed E-state index contributed by atoms with van der Waals surface area (Å²) >= 11 is 5.82. The number of nitrogens with two attached hydrogens (primary N) is 2. The van der Waals surface area contributed by atoms with Gasteiger partial charge in [0.05, 0.1) is 13.7 Å². The molecular formula is C16H19ClN7O2+. The lowest BCUT2D eigenvalue weighted by Crippen LogP contribution is -2.39. The van der Waals surface area contributed by atoms with E-state index in [9.17, 15) is 4.79 Å². The highest BCUT2D eigenvalue weighted by Gasteiger charge is 2.21. The maximum atomic E-state index is 12.4. The number of hydrogen-bond donors (Lipinski definition) is 4. The van der Waals surface area contributed by atoms with Gasteiger partial charge < -0.3 is 21.5 Å². The van der Waals surface area contributed by atoms with E-state index >= 15 is 0 Å². The Balaban J connectivity index is 1.85. The summed E-state index contributed by atoms with van der Waals surface area (Å²) in [6, 6.07) is 5.73. The van der Waals surface area contributed by atoms with Gasteiger partial charge in [-0.25, -0.2) is 19.5 Å². The number of aromatic nitrogens is 4. The third-order valence-corrected chi connectivity index (χ3v) is 4.23. The average Bonchev–Trinajstić information content (AvgIpc) is 2.99. The second-order valence-corrected chi connectivity index (χ2v) is 5.87. The lowest BCUT2D eigenvalue weighted by Gasteiger charge is -2.06. The highest BCUT2D eigenvalue weighted by Crippen LogP contribution is 2.19. The number of rotatable bonds is 5. The zero-order chi connectivity index (χ0) is 18.8. The van der Waals surface area contributed by atoms with Crippen molar-refractivity contribution in [2.75, 3.05) is 18.6 Å². The monoisotopic (exact) mass is 376 g/mol. The van der Waals surface area contributed by atoms with Crippen molar-refractivity contribution in [3.8, 4) is 5.75 Å². The molecule has 0 aliphatic carbocycles. The number of nitrogen functional groups attached to an aromatic ring is 2. The summed E-state index contributed by atoms with van der Waals surface area (Å²) in [5.41, 5.74) is 13.1. The van der Waals surface area contributed by atoms with Gasteiger partial charge in [0.1, 0.15) is 12.3 Å². The lowest BCUT2D eigenvalue weighted by atomic mass is 10.3. The molecule has 0 aliphatic rings. The van der Waals surface area contributed by atoms with Crippen LogP contribution >= 0.6 is 11.6 Å². The Morgan fingerprint density at radius 2 is 2.12 bits per heavy atom. The van der Waals surface area contributed by atoms with Gasteiger partial charge >= 0.3 is 0 Å². The number of amides is 1. The molecule has 0 saturated heterocycles. The van der Waals surface area contributed by atoms with Crippen molar-refractivity contribution in [2.24, 2.45) is 0 Å². The number of H-pyrrole nitrogens is 1. The Bertz CT molecular complexity index is 986. The molecule has 6 N–H and O–H groups in total. The average molecular weight is 377 g/mol. The van der Waals surface area contributed by atoms with Crippen molar-refractivity contribution in [2.45, 2.75) is 20.0 Å².